The van der Waals surface area contributed by atoms with Crippen molar-refractivity contribution in [2.75, 3.05) is 6.54 Å². The lowest BCUT2D eigenvalue weighted by Gasteiger charge is -2.29. The molecule has 0 unspecified atom stereocenters. The van der Waals surface area contributed by atoms with Crippen molar-refractivity contribution < 1.29 is 23.9 Å². The Bertz CT molecular complexity index is 1580. The highest BCUT2D eigenvalue weighted by molar-refractivity contribution is 5.93. The van der Waals surface area contributed by atoms with Crippen LogP contribution in [0.1, 0.15) is 44.4 Å². The molecule has 0 bridgehead atoms. The molecule has 4 aromatic rings. The molecule has 0 fully saturated rings. The molecule has 0 radical (unpaired) electrons. The van der Waals surface area contributed by atoms with Crippen LogP contribution in [-0.2, 0) is 38.5 Å². The summed E-state index contributed by atoms with van der Waals surface area (Å²) in [7, 11) is 0. The first kappa shape index (κ1) is 32.0. The smallest absolute Gasteiger partial charge is 0.408 e. The van der Waals surface area contributed by atoms with E-state index in [0.29, 0.717) is 30.6 Å². The number of benzene rings is 3. The molecule has 0 spiro atoms. The number of nitrogens with one attached hydrogen (secondary N) is 2. The molecule has 44 heavy (non-hydrogen) atoms. The predicted octanol–water partition coefficient (Wildman–Crippen LogP) is 4.89. The Morgan fingerprint density at radius 2 is 1.45 bits per heavy atom. The summed E-state index contributed by atoms with van der Waals surface area (Å²) in [6.07, 6.45) is 1.92. The van der Waals surface area contributed by atoms with Crippen LogP contribution in [0.3, 0.4) is 0 Å². The van der Waals surface area contributed by atoms with Crippen LogP contribution < -0.4 is 10.6 Å². The van der Waals surface area contributed by atoms with Gasteiger partial charge < -0.3 is 20.3 Å². The number of para-hydroxylation sites is 1. The summed E-state index contributed by atoms with van der Waals surface area (Å²) in [6, 6.07) is 24.5. The van der Waals surface area contributed by atoms with Gasteiger partial charge in [0, 0.05) is 37.5 Å². The third-order valence-electron chi connectivity index (χ3n) is 7.18. The van der Waals surface area contributed by atoms with Gasteiger partial charge >= 0.3 is 6.09 Å². The van der Waals surface area contributed by atoms with Crippen molar-refractivity contribution in [2.45, 2.75) is 64.8 Å². The third kappa shape index (κ3) is 8.56. The minimum absolute atomic E-state index is 0.0696. The van der Waals surface area contributed by atoms with Crippen molar-refractivity contribution >= 4 is 35.2 Å². The molecule has 0 saturated carbocycles. The first-order valence-electron chi connectivity index (χ1n) is 14.8. The topological polar surface area (TPSA) is 110 Å². The van der Waals surface area contributed by atoms with Gasteiger partial charge in [0.25, 0.3) is 0 Å². The molecule has 1 aromatic heterocycles. The number of carbonyl (C=O) groups is 4. The molecular weight excluding hydrogens is 556 g/mol. The maximum atomic E-state index is 14.0. The first-order valence-corrected chi connectivity index (χ1v) is 14.8. The van der Waals surface area contributed by atoms with E-state index in [1.807, 2.05) is 91.9 Å². The van der Waals surface area contributed by atoms with E-state index < -0.39 is 29.7 Å². The second kappa shape index (κ2) is 14.5. The van der Waals surface area contributed by atoms with Crippen molar-refractivity contribution in [2.24, 2.45) is 0 Å². The minimum Gasteiger partial charge on any atom is -0.444 e. The highest BCUT2D eigenvalue weighted by Crippen LogP contribution is 2.22. The number of amides is 3. The molecule has 9 nitrogen and oxygen atoms in total. The van der Waals surface area contributed by atoms with Crippen LogP contribution in [0.2, 0.25) is 0 Å². The molecule has 230 valence electrons. The van der Waals surface area contributed by atoms with Crippen molar-refractivity contribution in [3.05, 3.63) is 108 Å². The molecular formula is C35H40N4O5. The molecule has 2 atom stereocenters. The first-order chi connectivity index (χ1) is 21.1. The third-order valence-corrected chi connectivity index (χ3v) is 7.18. The fourth-order valence-corrected chi connectivity index (χ4v) is 5.10. The van der Waals surface area contributed by atoms with Gasteiger partial charge in [-0.2, -0.15) is 0 Å². The monoisotopic (exact) mass is 596 g/mol. The van der Waals surface area contributed by atoms with E-state index in [-0.39, 0.29) is 18.7 Å². The molecule has 0 saturated heterocycles. The second-order valence-corrected chi connectivity index (χ2v) is 11.7. The Hall–Kier alpha value is -4.92. The van der Waals surface area contributed by atoms with Gasteiger partial charge in [-0.1, -0.05) is 78.9 Å². The van der Waals surface area contributed by atoms with Crippen LogP contribution in [0.5, 0.6) is 0 Å². The zero-order chi connectivity index (χ0) is 31.7. The van der Waals surface area contributed by atoms with Crippen LogP contribution in [-0.4, -0.2) is 58.0 Å². The largest absolute Gasteiger partial charge is 0.444 e. The quantitative estimate of drug-likeness (QED) is 0.226. The van der Waals surface area contributed by atoms with Crippen molar-refractivity contribution in [1.29, 1.82) is 0 Å². The van der Waals surface area contributed by atoms with E-state index in [0.717, 1.165) is 16.5 Å². The lowest BCUT2D eigenvalue weighted by Crippen LogP contribution is -2.56. The number of likely N-dealkylation sites (N-methyl/N-ethyl adjacent to an activating group) is 1. The number of alkyl carbamates (subject to hydrolysis) is 1. The van der Waals surface area contributed by atoms with E-state index in [1.165, 1.54) is 4.57 Å². The summed E-state index contributed by atoms with van der Waals surface area (Å²) in [6.45, 7) is 7.94. The number of hydrogen-bond donors (Lipinski definition) is 2. The molecule has 0 aliphatic heterocycles. The van der Waals surface area contributed by atoms with Gasteiger partial charge in [0.15, 0.2) is 0 Å². The van der Waals surface area contributed by atoms with E-state index in [9.17, 15) is 19.2 Å². The van der Waals surface area contributed by atoms with Gasteiger partial charge in [-0.15, -0.1) is 0 Å². The van der Waals surface area contributed by atoms with Crippen LogP contribution in [0, 0.1) is 0 Å². The van der Waals surface area contributed by atoms with Crippen molar-refractivity contribution in [1.82, 2.24) is 20.1 Å². The highest BCUT2D eigenvalue weighted by Gasteiger charge is 2.31. The van der Waals surface area contributed by atoms with Gasteiger partial charge in [-0.25, -0.2) is 4.79 Å². The van der Waals surface area contributed by atoms with Crippen LogP contribution in [0.25, 0.3) is 10.9 Å². The lowest BCUT2D eigenvalue weighted by molar-refractivity contribution is -0.137. The zero-order valence-electron chi connectivity index (χ0n) is 25.7. The number of hydrogen-bond acceptors (Lipinski definition) is 5. The average molecular weight is 597 g/mol. The Labute approximate surface area is 258 Å². The van der Waals surface area contributed by atoms with Gasteiger partial charge in [-0.3, -0.25) is 19.0 Å². The molecule has 0 aliphatic carbocycles. The lowest BCUT2D eigenvalue weighted by atomic mass is 10.0. The van der Waals surface area contributed by atoms with Crippen molar-refractivity contribution in [3.63, 3.8) is 0 Å². The Balaban J connectivity index is 1.64. The zero-order valence-corrected chi connectivity index (χ0v) is 25.7. The molecule has 0 aliphatic rings. The van der Waals surface area contributed by atoms with Crippen LogP contribution >= 0.6 is 0 Å². The molecule has 4 rings (SSSR count). The summed E-state index contributed by atoms with van der Waals surface area (Å²) in [4.78, 5) is 54.4. The summed E-state index contributed by atoms with van der Waals surface area (Å²) in [5, 5.41) is 6.43. The maximum absolute atomic E-state index is 14.0. The van der Waals surface area contributed by atoms with Gasteiger partial charge in [0.2, 0.25) is 18.2 Å². The number of carbonyl (C=O) groups excluding carboxylic acids is 4. The van der Waals surface area contributed by atoms with E-state index in [4.69, 9.17) is 4.74 Å². The fraction of sp³-hybridized carbons (Fsp3) is 0.314. The number of rotatable bonds is 12. The molecule has 3 aromatic carbocycles. The fourth-order valence-electron chi connectivity index (χ4n) is 5.10. The average Bonchev–Trinajstić information content (AvgIpc) is 3.36. The van der Waals surface area contributed by atoms with Gasteiger partial charge in [0.05, 0.1) is 5.52 Å². The molecule has 3 amide bonds. The van der Waals surface area contributed by atoms with Crippen molar-refractivity contribution in [3.8, 4) is 0 Å². The molecule has 9 heteroatoms. The SMILES string of the molecule is CCN(Cc1ccccc1)C(=O)[C@H](Cc1ccccc1)NC(=O)[C@@H](Cc1cn(C=O)c2ccccc12)NC(=O)OC(C)(C)C. The Kier molecular flexibility index (Phi) is 10.6. The number of nitrogens with zero attached hydrogens (tertiary/aromatic N) is 2. The minimum atomic E-state index is -1.09. The van der Waals surface area contributed by atoms with Gasteiger partial charge in [-0.05, 0) is 50.5 Å². The second-order valence-electron chi connectivity index (χ2n) is 11.7. The maximum Gasteiger partial charge on any atom is 0.408 e. The standard InChI is InChI=1S/C35H40N4O5/c1-5-38(22-26-16-10-7-11-17-26)33(42)30(20-25-14-8-6-9-15-25)36-32(41)29(37-34(43)44-35(2,3)4)21-27-23-39(24-40)31-19-13-12-18-28(27)31/h6-19,23-24,29-30H,5,20-22H2,1-4H3,(H,36,41)(H,37,43)/t29-,30+/m1/s1. The molecule has 2 N–H and O–H groups in total. The summed E-state index contributed by atoms with van der Waals surface area (Å²) < 4.78 is 6.92. The predicted molar refractivity (Wildman–Crippen MR) is 171 cm³/mol. The van der Waals surface area contributed by atoms with Crippen LogP contribution in [0.15, 0.2) is 91.1 Å². The van der Waals surface area contributed by atoms with Crippen LogP contribution in [0.4, 0.5) is 4.79 Å². The van der Waals surface area contributed by atoms with Gasteiger partial charge in [0.1, 0.15) is 17.7 Å². The van der Waals surface area contributed by atoms with E-state index in [2.05, 4.69) is 10.6 Å². The molecule has 1 heterocycles. The highest BCUT2D eigenvalue weighted by atomic mass is 16.6. The Morgan fingerprint density at radius 3 is 2.07 bits per heavy atom. The van der Waals surface area contributed by atoms with E-state index >= 15 is 0 Å². The normalized spacial score (nSPS) is 12.6. The summed E-state index contributed by atoms with van der Waals surface area (Å²) >= 11 is 0. The summed E-state index contributed by atoms with van der Waals surface area (Å²) in [5.41, 5.74) is 2.44. The number of ether oxygens (including phenoxy) is 1. The van der Waals surface area contributed by atoms with E-state index in [1.54, 1.807) is 31.9 Å². The number of fused-ring (bicyclic) bond motifs is 1. The number of aromatic nitrogens is 1. The summed E-state index contributed by atoms with van der Waals surface area (Å²) in [5.74, 6) is -0.772. The Morgan fingerprint density at radius 1 is 0.841 bits per heavy atom.